The van der Waals surface area contributed by atoms with E-state index in [1.54, 1.807) is 0 Å². The van der Waals surface area contributed by atoms with Gasteiger partial charge in [-0.15, -0.1) is 0 Å². The molecule has 8 heteroatoms. The maximum atomic E-state index is 12.9. The molecule has 0 aromatic heterocycles. The Morgan fingerprint density at radius 1 is 0.746 bits per heavy atom. The van der Waals surface area contributed by atoms with Crippen LogP contribution in [0.25, 0.3) is 21.9 Å². The molecule has 1 saturated heterocycles. The van der Waals surface area contributed by atoms with Crippen LogP contribution in [-0.4, -0.2) is 35.7 Å². The molecular weight excluding hydrogens is 735 g/mol. The quantitative estimate of drug-likeness (QED) is 0.108. The van der Waals surface area contributed by atoms with E-state index in [2.05, 4.69) is 102 Å². The Kier molecular flexibility index (Phi) is 12.4. The van der Waals surface area contributed by atoms with Gasteiger partial charge in [-0.1, -0.05) is 127 Å². The van der Waals surface area contributed by atoms with E-state index >= 15 is 0 Å². The van der Waals surface area contributed by atoms with Crippen LogP contribution in [0.2, 0.25) is 0 Å². The molecule has 1 aliphatic heterocycles. The highest BCUT2D eigenvalue weighted by atomic mass is 16.7. The summed E-state index contributed by atoms with van der Waals surface area (Å²) in [6.45, 7) is 3.30. The summed E-state index contributed by atoms with van der Waals surface area (Å²) in [6, 6.07) is 56.3. The van der Waals surface area contributed by atoms with Gasteiger partial charge in [-0.3, -0.25) is 4.90 Å². The molecule has 8 rings (SSSR count). The number of ether oxygens (including phenoxy) is 3. The number of para-hydroxylation sites is 1. The van der Waals surface area contributed by atoms with Crippen LogP contribution >= 0.6 is 0 Å². The van der Waals surface area contributed by atoms with Gasteiger partial charge in [-0.05, 0) is 101 Å². The minimum absolute atomic E-state index is 0.00313. The van der Waals surface area contributed by atoms with Gasteiger partial charge in [0.15, 0.2) is 6.29 Å². The lowest BCUT2D eigenvalue weighted by Crippen LogP contribution is -2.38. The van der Waals surface area contributed by atoms with Gasteiger partial charge in [0.2, 0.25) is 0 Å². The molecule has 4 unspecified atom stereocenters. The summed E-state index contributed by atoms with van der Waals surface area (Å²) in [7, 11) is 2.16. The number of aliphatic hydroxyl groups is 1. The second-order valence-electron chi connectivity index (χ2n) is 15.1. The molecule has 1 fully saturated rings. The van der Waals surface area contributed by atoms with Crippen molar-refractivity contribution in [1.29, 1.82) is 0 Å². The molecule has 59 heavy (non-hydrogen) atoms. The third-order valence-corrected chi connectivity index (χ3v) is 11.1. The van der Waals surface area contributed by atoms with Crippen LogP contribution in [-0.2, 0) is 22.6 Å². The number of carbonyl (C=O) groups is 1. The van der Waals surface area contributed by atoms with E-state index in [4.69, 9.17) is 14.2 Å². The van der Waals surface area contributed by atoms with E-state index in [0.29, 0.717) is 24.4 Å². The number of rotatable bonds is 13. The first-order valence-electron chi connectivity index (χ1n) is 20.1. The Hall–Kier alpha value is -6.29. The van der Waals surface area contributed by atoms with E-state index < -0.39 is 6.29 Å². The van der Waals surface area contributed by atoms with E-state index in [1.807, 2.05) is 97.1 Å². The third-order valence-electron chi connectivity index (χ3n) is 11.1. The number of aliphatic hydroxyl groups excluding tert-OH is 1. The summed E-state index contributed by atoms with van der Waals surface area (Å²) in [5.41, 5.74) is 7.81. The number of nitrogens with one attached hydrogen (secondary N) is 2. The van der Waals surface area contributed by atoms with Gasteiger partial charge in [0, 0.05) is 36.8 Å². The van der Waals surface area contributed by atoms with Crippen molar-refractivity contribution in [1.82, 2.24) is 10.2 Å². The Labute approximate surface area is 346 Å². The second-order valence-corrected chi connectivity index (χ2v) is 15.1. The van der Waals surface area contributed by atoms with Gasteiger partial charge >= 0.3 is 6.03 Å². The van der Waals surface area contributed by atoms with Crippen LogP contribution in [0.4, 0.5) is 10.5 Å². The fourth-order valence-corrected chi connectivity index (χ4v) is 7.59. The molecule has 1 heterocycles. The van der Waals surface area contributed by atoms with Crippen molar-refractivity contribution in [2.75, 3.05) is 18.9 Å². The summed E-state index contributed by atoms with van der Waals surface area (Å²) in [5, 5.41) is 18.1. The van der Waals surface area contributed by atoms with Crippen LogP contribution in [0.3, 0.4) is 0 Å². The Morgan fingerprint density at radius 2 is 1.42 bits per heavy atom. The first-order chi connectivity index (χ1) is 28.9. The van der Waals surface area contributed by atoms with E-state index in [1.165, 1.54) is 16.3 Å². The molecule has 0 aliphatic carbocycles. The molecule has 298 valence electrons. The van der Waals surface area contributed by atoms with Gasteiger partial charge in [-0.2, -0.15) is 0 Å². The molecule has 1 aliphatic rings. The largest absolute Gasteiger partial charge is 0.457 e. The van der Waals surface area contributed by atoms with E-state index in [0.717, 1.165) is 45.7 Å². The number of hydrogen-bond acceptors (Lipinski definition) is 6. The summed E-state index contributed by atoms with van der Waals surface area (Å²) >= 11 is 0. The zero-order chi connectivity index (χ0) is 40.6. The topological polar surface area (TPSA) is 92.3 Å². The lowest BCUT2D eigenvalue weighted by atomic mass is 9.97. The first kappa shape index (κ1) is 39.5. The number of anilines is 1. The van der Waals surface area contributed by atoms with Crippen molar-refractivity contribution in [3.8, 4) is 22.6 Å². The molecule has 0 spiro atoms. The van der Waals surface area contributed by atoms with Crippen molar-refractivity contribution in [3.05, 3.63) is 198 Å². The number of fused-ring (bicyclic) bond motifs is 1. The van der Waals surface area contributed by atoms with Crippen LogP contribution in [0, 0.1) is 0 Å². The molecule has 0 radical (unpaired) electrons. The van der Waals surface area contributed by atoms with Crippen LogP contribution in [0.5, 0.6) is 11.5 Å². The molecule has 0 saturated carbocycles. The zero-order valence-corrected chi connectivity index (χ0v) is 33.3. The minimum Gasteiger partial charge on any atom is -0.457 e. The van der Waals surface area contributed by atoms with Crippen molar-refractivity contribution < 1.29 is 24.1 Å². The second kappa shape index (κ2) is 18.5. The fourth-order valence-electron chi connectivity index (χ4n) is 7.59. The molecule has 8 nitrogen and oxygen atoms in total. The van der Waals surface area contributed by atoms with Crippen LogP contribution < -0.4 is 15.4 Å². The Morgan fingerprint density at radius 3 is 2.19 bits per heavy atom. The first-order valence-corrected chi connectivity index (χ1v) is 20.1. The van der Waals surface area contributed by atoms with Crippen molar-refractivity contribution in [3.63, 3.8) is 0 Å². The van der Waals surface area contributed by atoms with Gasteiger partial charge in [0.05, 0.1) is 18.8 Å². The van der Waals surface area contributed by atoms with E-state index in [-0.39, 0.29) is 30.9 Å². The van der Waals surface area contributed by atoms with Gasteiger partial charge in [-0.25, -0.2) is 4.79 Å². The van der Waals surface area contributed by atoms with Crippen LogP contribution in [0.1, 0.15) is 59.6 Å². The lowest BCUT2D eigenvalue weighted by molar-refractivity contribution is -0.253. The summed E-state index contributed by atoms with van der Waals surface area (Å²) in [5.74, 6) is 1.44. The smallest absolute Gasteiger partial charge is 0.319 e. The summed E-state index contributed by atoms with van der Waals surface area (Å²) in [6.07, 6.45) is -0.158. The van der Waals surface area contributed by atoms with Gasteiger partial charge in [0.1, 0.15) is 11.5 Å². The average Bonchev–Trinajstić information content (AvgIpc) is 3.29. The third kappa shape index (κ3) is 9.88. The number of carbonyl (C=O) groups excluding carboxylic acids is 1. The van der Waals surface area contributed by atoms with Gasteiger partial charge in [0.25, 0.3) is 0 Å². The molecule has 7 aromatic carbocycles. The number of amides is 2. The van der Waals surface area contributed by atoms with Crippen molar-refractivity contribution in [2.24, 2.45) is 0 Å². The number of likely N-dealkylation sites (N-methyl/N-ethyl adjacent to an activating group) is 1. The standard InChI is InChI=1S/C51H49N3O5/c1-35(41-25-20-37-10-6-7-11-42(37)30-41)54(2)33-47-31-49(39-18-16-36(34-55)17-19-39)59-50(58-47)40-23-21-38(22-24-40)48-15-9-8-12-43(48)32-52-51(56)53-44-26-28-46(29-27-44)57-45-13-4-3-5-14-45/h3-30,35,47,49-50,55H,31-34H2,1-2H3,(H2,52,53,56). The predicted octanol–water partition coefficient (Wildman–Crippen LogP) is 11.4. The summed E-state index contributed by atoms with van der Waals surface area (Å²) in [4.78, 5) is 15.3. The zero-order valence-electron chi connectivity index (χ0n) is 33.3. The highest BCUT2D eigenvalue weighted by Crippen LogP contribution is 2.39. The number of hydrogen-bond donors (Lipinski definition) is 3. The molecule has 0 bridgehead atoms. The predicted molar refractivity (Wildman–Crippen MR) is 234 cm³/mol. The molecular formula is C51H49N3O5. The highest BCUT2D eigenvalue weighted by molar-refractivity contribution is 5.89. The average molecular weight is 784 g/mol. The van der Waals surface area contributed by atoms with Crippen molar-refractivity contribution >= 4 is 22.5 Å². The number of urea groups is 1. The van der Waals surface area contributed by atoms with Crippen molar-refractivity contribution in [2.45, 2.75) is 51.0 Å². The number of benzene rings is 7. The molecule has 4 atom stereocenters. The Bertz CT molecular complexity index is 2460. The highest BCUT2D eigenvalue weighted by Gasteiger charge is 2.33. The minimum atomic E-state index is -0.575. The Balaban J connectivity index is 0.934. The summed E-state index contributed by atoms with van der Waals surface area (Å²) < 4.78 is 19.3. The number of nitrogens with zero attached hydrogens (tertiary/aromatic N) is 1. The maximum Gasteiger partial charge on any atom is 0.319 e. The maximum absolute atomic E-state index is 12.9. The lowest BCUT2D eigenvalue weighted by Gasteiger charge is -2.39. The fraction of sp³-hybridized carbons (Fsp3) is 0.196. The van der Waals surface area contributed by atoms with Crippen LogP contribution in [0.15, 0.2) is 170 Å². The van der Waals surface area contributed by atoms with Gasteiger partial charge < -0.3 is 30.0 Å². The van der Waals surface area contributed by atoms with E-state index in [9.17, 15) is 9.90 Å². The molecule has 3 N–H and O–H groups in total. The normalized spacial score (nSPS) is 17.1. The monoisotopic (exact) mass is 783 g/mol. The molecule has 7 aromatic rings. The SMILES string of the molecule is CC(c1ccc2ccccc2c1)N(C)CC1CC(c2ccc(CO)cc2)OC(c2ccc(-c3ccccc3CNC(=O)Nc3ccc(Oc4ccccc4)cc3)cc2)O1. The molecule has 2 amide bonds.